The average molecular weight is 443 g/mol. The predicted octanol–water partition coefficient (Wildman–Crippen LogP) is 3.66. The zero-order valence-corrected chi connectivity index (χ0v) is 17.8. The number of hydrogen-bond acceptors (Lipinski definition) is 5. The van der Waals surface area contributed by atoms with Crippen LogP contribution in [0.25, 0.3) is 5.69 Å². The maximum absolute atomic E-state index is 12.9. The van der Waals surface area contributed by atoms with Crippen LogP contribution in [-0.4, -0.2) is 33.8 Å². The minimum Gasteiger partial charge on any atom is -0.485 e. The van der Waals surface area contributed by atoms with E-state index in [2.05, 4.69) is 10.4 Å². The molecule has 0 atom stereocenters. The first-order valence-electron chi connectivity index (χ1n) is 9.81. The fourth-order valence-corrected chi connectivity index (χ4v) is 3.29. The van der Waals surface area contributed by atoms with Gasteiger partial charge in [-0.2, -0.15) is 9.78 Å². The third kappa shape index (κ3) is 5.17. The summed E-state index contributed by atoms with van der Waals surface area (Å²) < 4.78 is 31.1. The topological polar surface area (TPSA) is 93.5 Å². The molecule has 168 valence electrons. The molecule has 1 aromatic heterocycles. The third-order valence-corrected chi connectivity index (χ3v) is 4.69. The minimum atomic E-state index is -2.68. The summed E-state index contributed by atoms with van der Waals surface area (Å²) in [5, 5.41) is 16.8. The predicted molar refractivity (Wildman–Crippen MR) is 116 cm³/mol. The first kappa shape index (κ1) is 23.1. The molecule has 0 bridgehead atoms. The normalized spacial score (nSPS) is 11.5. The Bertz CT molecular complexity index is 1190. The van der Waals surface area contributed by atoms with Crippen LogP contribution in [0.2, 0.25) is 0 Å². The summed E-state index contributed by atoms with van der Waals surface area (Å²) in [6.45, 7) is 4.29. The summed E-state index contributed by atoms with van der Waals surface area (Å²) in [6, 6.07) is 12.4. The Balaban J connectivity index is 1.91. The molecule has 0 aliphatic rings. The number of nitrogens with zero attached hydrogens (tertiary/aromatic N) is 2. The van der Waals surface area contributed by atoms with E-state index in [1.807, 2.05) is 0 Å². The van der Waals surface area contributed by atoms with Gasteiger partial charge in [-0.3, -0.25) is 9.59 Å². The van der Waals surface area contributed by atoms with Crippen LogP contribution >= 0.6 is 0 Å². The van der Waals surface area contributed by atoms with E-state index in [4.69, 9.17) is 4.74 Å². The van der Waals surface area contributed by atoms with Crippen molar-refractivity contribution in [3.8, 4) is 11.4 Å². The summed E-state index contributed by atoms with van der Waals surface area (Å²) >= 11 is 0. The first-order valence-corrected chi connectivity index (χ1v) is 9.81. The number of benzene rings is 2. The zero-order valence-electron chi connectivity index (χ0n) is 17.8. The van der Waals surface area contributed by atoms with Gasteiger partial charge >= 0.3 is 0 Å². The number of aliphatic hydroxyl groups is 1. The molecule has 2 aromatic carbocycles. The molecule has 1 amide bonds. The number of para-hydroxylation sites is 2. The van der Waals surface area contributed by atoms with Crippen molar-refractivity contribution in [2.24, 2.45) is 0 Å². The van der Waals surface area contributed by atoms with Gasteiger partial charge in [-0.25, -0.2) is 8.78 Å². The van der Waals surface area contributed by atoms with Gasteiger partial charge in [0.05, 0.1) is 5.60 Å². The number of anilines is 1. The SMILES string of the molecule is Cc1cc(NC(=O)c2ccnn(-c3ccccc3OCC(F)F)c2=O)ccc1C(C)(C)O. The van der Waals surface area contributed by atoms with Gasteiger partial charge in [0, 0.05) is 11.9 Å². The average Bonchev–Trinajstić information content (AvgIpc) is 2.71. The first-order chi connectivity index (χ1) is 15.1. The number of alkyl halides is 2. The van der Waals surface area contributed by atoms with Crippen molar-refractivity contribution in [2.75, 3.05) is 11.9 Å². The fourth-order valence-electron chi connectivity index (χ4n) is 3.29. The van der Waals surface area contributed by atoms with Gasteiger partial charge < -0.3 is 15.2 Å². The van der Waals surface area contributed by atoms with E-state index >= 15 is 0 Å². The molecule has 3 rings (SSSR count). The lowest BCUT2D eigenvalue weighted by molar-refractivity contribution is 0.0779. The summed E-state index contributed by atoms with van der Waals surface area (Å²) in [5.41, 5.74) is 0.109. The van der Waals surface area contributed by atoms with E-state index in [0.717, 1.165) is 10.2 Å². The van der Waals surface area contributed by atoms with Crippen LogP contribution in [0, 0.1) is 6.92 Å². The number of nitrogens with one attached hydrogen (secondary N) is 1. The minimum absolute atomic E-state index is 0.0396. The van der Waals surface area contributed by atoms with Crippen molar-refractivity contribution < 1.29 is 23.4 Å². The molecule has 0 unspecified atom stereocenters. The Morgan fingerprint density at radius 2 is 1.94 bits per heavy atom. The Labute approximate surface area is 183 Å². The summed E-state index contributed by atoms with van der Waals surface area (Å²) in [5.74, 6) is -0.620. The zero-order chi connectivity index (χ0) is 23.5. The second-order valence-electron chi connectivity index (χ2n) is 7.67. The molecule has 0 radical (unpaired) electrons. The van der Waals surface area contributed by atoms with Gasteiger partial charge in [0.2, 0.25) is 0 Å². The maximum atomic E-state index is 12.9. The van der Waals surface area contributed by atoms with Crippen molar-refractivity contribution >= 4 is 11.6 Å². The molecule has 0 fully saturated rings. The van der Waals surface area contributed by atoms with Crippen LogP contribution in [0.4, 0.5) is 14.5 Å². The van der Waals surface area contributed by atoms with E-state index < -0.39 is 30.1 Å². The lowest BCUT2D eigenvalue weighted by Gasteiger charge is -2.21. The van der Waals surface area contributed by atoms with Crippen LogP contribution in [-0.2, 0) is 5.60 Å². The standard InChI is InChI=1S/C23H23F2N3O4/c1-14-12-15(8-9-17(14)23(2,3)31)27-21(29)16-10-11-26-28(22(16)30)18-6-4-5-7-19(18)32-13-20(24)25/h4-12,20,31H,13H2,1-3H3,(H,27,29). The van der Waals surface area contributed by atoms with Crippen molar-refractivity contribution in [1.82, 2.24) is 9.78 Å². The molecule has 0 aliphatic carbocycles. The van der Waals surface area contributed by atoms with Gasteiger partial charge in [0.1, 0.15) is 23.6 Å². The van der Waals surface area contributed by atoms with E-state index in [-0.39, 0.29) is 17.0 Å². The molecule has 9 heteroatoms. The Morgan fingerprint density at radius 3 is 2.59 bits per heavy atom. The van der Waals surface area contributed by atoms with Crippen molar-refractivity contribution in [3.63, 3.8) is 0 Å². The molecule has 1 heterocycles. The fraction of sp³-hybridized carbons (Fsp3) is 0.261. The number of halogens is 2. The molecule has 32 heavy (non-hydrogen) atoms. The Hall–Kier alpha value is -3.59. The highest BCUT2D eigenvalue weighted by atomic mass is 19.3. The second kappa shape index (κ2) is 9.27. The molecule has 2 N–H and O–H groups in total. The highest BCUT2D eigenvalue weighted by Crippen LogP contribution is 2.26. The lowest BCUT2D eigenvalue weighted by atomic mass is 9.93. The van der Waals surface area contributed by atoms with Crippen LogP contribution in [0.3, 0.4) is 0 Å². The van der Waals surface area contributed by atoms with Gasteiger partial charge in [-0.05, 0) is 62.2 Å². The van der Waals surface area contributed by atoms with Crippen molar-refractivity contribution in [3.05, 3.63) is 81.8 Å². The van der Waals surface area contributed by atoms with E-state index in [0.29, 0.717) is 11.3 Å². The van der Waals surface area contributed by atoms with Gasteiger partial charge in [-0.1, -0.05) is 18.2 Å². The number of aromatic nitrogens is 2. The Kier molecular flexibility index (Phi) is 6.69. The number of aryl methyl sites for hydroxylation is 1. The number of rotatable bonds is 7. The second-order valence-corrected chi connectivity index (χ2v) is 7.67. The summed E-state index contributed by atoms with van der Waals surface area (Å²) in [7, 11) is 0. The highest BCUT2D eigenvalue weighted by molar-refractivity contribution is 6.04. The number of ether oxygens (including phenoxy) is 1. The lowest BCUT2D eigenvalue weighted by Crippen LogP contribution is -2.30. The number of amides is 1. The van der Waals surface area contributed by atoms with E-state index in [1.165, 1.54) is 24.4 Å². The Morgan fingerprint density at radius 1 is 1.22 bits per heavy atom. The highest BCUT2D eigenvalue weighted by Gasteiger charge is 2.20. The van der Waals surface area contributed by atoms with Crippen LogP contribution < -0.4 is 15.6 Å². The van der Waals surface area contributed by atoms with E-state index in [9.17, 15) is 23.5 Å². The summed E-state index contributed by atoms with van der Waals surface area (Å²) in [6.07, 6.45) is -1.42. The molecule has 3 aromatic rings. The largest absolute Gasteiger partial charge is 0.485 e. The van der Waals surface area contributed by atoms with Crippen LogP contribution in [0.5, 0.6) is 5.75 Å². The van der Waals surface area contributed by atoms with Crippen LogP contribution in [0.1, 0.15) is 35.3 Å². The molecule has 0 saturated heterocycles. The number of hydrogen-bond donors (Lipinski definition) is 2. The summed E-state index contributed by atoms with van der Waals surface area (Å²) in [4.78, 5) is 25.7. The molecule has 0 saturated carbocycles. The van der Waals surface area contributed by atoms with Gasteiger partial charge in [0.25, 0.3) is 17.9 Å². The number of carbonyl (C=O) groups is 1. The molecular weight excluding hydrogens is 420 g/mol. The molecule has 7 nitrogen and oxygen atoms in total. The van der Waals surface area contributed by atoms with Crippen LogP contribution in [0.15, 0.2) is 59.5 Å². The quantitative estimate of drug-likeness (QED) is 0.581. The molecular formula is C23H23F2N3O4. The van der Waals surface area contributed by atoms with E-state index in [1.54, 1.807) is 51.1 Å². The maximum Gasteiger partial charge on any atom is 0.284 e. The van der Waals surface area contributed by atoms with Gasteiger partial charge in [0.15, 0.2) is 0 Å². The third-order valence-electron chi connectivity index (χ3n) is 4.69. The van der Waals surface area contributed by atoms with Crippen molar-refractivity contribution in [1.29, 1.82) is 0 Å². The molecule has 0 aliphatic heterocycles. The van der Waals surface area contributed by atoms with Crippen molar-refractivity contribution in [2.45, 2.75) is 32.8 Å². The molecule has 0 spiro atoms. The number of carbonyl (C=O) groups excluding carboxylic acids is 1. The monoisotopic (exact) mass is 443 g/mol. The smallest absolute Gasteiger partial charge is 0.284 e. The van der Waals surface area contributed by atoms with Gasteiger partial charge in [-0.15, -0.1) is 0 Å².